The van der Waals surface area contributed by atoms with Gasteiger partial charge in [-0.05, 0) is 52.0 Å². The minimum atomic E-state index is -0.514. The molecule has 33 heavy (non-hydrogen) atoms. The van der Waals surface area contributed by atoms with Crippen LogP contribution in [0.5, 0.6) is 0 Å². The van der Waals surface area contributed by atoms with Crippen LogP contribution in [-0.2, 0) is 18.2 Å². The molecule has 178 valence electrons. The first-order valence-corrected chi connectivity index (χ1v) is 12.0. The lowest BCUT2D eigenvalue weighted by Crippen LogP contribution is -2.56. The molecule has 4 rings (SSSR count). The Morgan fingerprint density at radius 1 is 1.18 bits per heavy atom. The third-order valence-electron chi connectivity index (χ3n) is 7.06. The van der Waals surface area contributed by atoms with Crippen molar-refractivity contribution in [3.63, 3.8) is 0 Å². The van der Waals surface area contributed by atoms with Crippen LogP contribution in [0.25, 0.3) is 0 Å². The van der Waals surface area contributed by atoms with Crippen molar-refractivity contribution in [2.45, 2.75) is 70.9 Å². The third kappa shape index (κ3) is 5.07. The zero-order chi connectivity index (χ0) is 23.6. The highest BCUT2D eigenvalue weighted by atomic mass is 16.6. The number of nitrogens with zero attached hydrogens (tertiary/aromatic N) is 3. The molecule has 1 N–H and O–H groups in total. The summed E-state index contributed by atoms with van der Waals surface area (Å²) in [6.07, 6.45) is 7.06. The molecular formula is C26H36N4O3. The SMILES string of the molecule is Cn1ncc(C(=O)NCC23CCCC2N(C(=O)OC(C)(C)C)CCC3)c1Cc1ccccc1. The second-order valence-electron chi connectivity index (χ2n) is 10.5. The van der Waals surface area contributed by atoms with Gasteiger partial charge in [0, 0.05) is 38.0 Å². The summed E-state index contributed by atoms with van der Waals surface area (Å²) in [6.45, 7) is 6.99. The van der Waals surface area contributed by atoms with Crippen molar-refractivity contribution in [1.29, 1.82) is 0 Å². The summed E-state index contributed by atoms with van der Waals surface area (Å²) < 4.78 is 7.47. The molecule has 1 aliphatic heterocycles. The number of amides is 2. The molecule has 1 aliphatic carbocycles. The molecule has 2 aromatic rings. The van der Waals surface area contributed by atoms with Gasteiger partial charge in [-0.1, -0.05) is 36.8 Å². The van der Waals surface area contributed by atoms with Gasteiger partial charge in [0.15, 0.2) is 0 Å². The van der Waals surface area contributed by atoms with E-state index in [1.165, 1.54) is 0 Å². The summed E-state index contributed by atoms with van der Waals surface area (Å²) in [4.78, 5) is 28.0. The molecule has 2 aliphatic rings. The number of ether oxygens (including phenoxy) is 1. The molecule has 2 fully saturated rings. The molecule has 0 radical (unpaired) electrons. The van der Waals surface area contributed by atoms with Crippen LogP contribution in [-0.4, -0.2) is 51.4 Å². The Labute approximate surface area is 196 Å². The zero-order valence-corrected chi connectivity index (χ0v) is 20.3. The summed E-state index contributed by atoms with van der Waals surface area (Å²) in [6, 6.07) is 10.2. The number of aryl methyl sites for hydroxylation is 1. The van der Waals surface area contributed by atoms with Gasteiger partial charge in [-0.25, -0.2) is 4.79 Å². The fourth-order valence-electron chi connectivity index (χ4n) is 5.49. The molecule has 7 heteroatoms. The Morgan fingerprint density at radius 3 is 2.64 bits per heavy atom. The number of piperidine rings is 1. The van der Waals surface area contributed by atoms with Gasteiger partial charge in [0.05, 0.1) is 17.5 Å². The molecule has 2 heterocycles. The molecule has 1 aromatic heterocycles. The fourth-order valence-corrected chi connectivity index (χ4v) is 5.49. The lowest BCUT2D eigenvalue weighted by atomic mass is 9.75. The molecule has 2 amide bonds. The topological polar surface area (TPSA) is 76.5 Å². The van der Waals surface area contributed by atoms with E-state index in [0.29, 0.717) is 18.5 Å². The molecular weight excluding hydrogens is 416 g/mol. The van der Waals surface area contributed by atoms with Crippen LogP contribution in [0, 0.1) is 5.41 Å². The van der Waals surface area contributed by atoms with Gasteiger partial charge in [-0.2, -0.15) is 5.10 Å². The molecule has 2 unspecified atom stereocenters. The Balaban J connectivity index is 1.46. The van der Waals surface area contributed by atoms with E-state index in [4.69, 9.17) is 4.74 Å². The predicted octanol–water partition coefficient (Wildman–Crippen LogP) is 4.31. The van der Waals surface area contributed by atoms with Gasteiger partial charge in [0.1, 0.15) is 5.60 Å². The van der Waals surface area contributed by atoms with Gasteiger partial charge < -0.3 is 15.0 Å². The van der Waals surface area contributed by atoms with Crippen molar-refractivity contribution < 1.29 is 14.3 Å². The van der Waals surface area contributed by atoms with Crippen LogP contribution in [0.15, 0.2) is 36.5 Å². The number of carbonyl (C=O) groups is 2. The second-order valence-corrected chi connectivity index (χ2v) is 10.5. The maximum atomic E-state index is 13.2. The van der Waals surface area contributed by atoms with Crippen LogP contribution < -0.4 is 5.32 Å². The summed E-state index contributed by atoms with van der Waals surface area (Å²) in [5, 5.41) is 7.56. The average Bonchev–Trinajstić information content (AvgIpc) is 3.35. The number of fused-ring (bicyclic) bond motifs is 1. The number of nitrogens with one attached hydrogen (secondary N) is 1. The number of hydrogen-bond acceptors (Lipinski definition) is 4. The first-order valence-electron chi connectivity index (χ1n) is 12.0. The lowest BCUT2D eigenvalue weighted by molar-refractivity contribution is -0.0144. The Kier molecular flexibility index (Phi) is 6.50. The Bertz CT molecular complexity index is 995. The molecule has 2 atom stereocenters. The Hall–Kier alpha value is -2.83. The highest BCUT2D eigenvalue weighted by Crippen LogP contribution is 2.47. The number of carbonyl (C=O) groups excluding carboxylic acids is 2. The molecule has 0 bridgehead atoms. The van der Waals surface area contributed by atoms with Crippen molar-refractivity contribution in [1.82, 2.24) is 20.0 Å². The first kappa shape index (κ1) is 23.3. The summed E-state index contributed by atoms with van der Waals surface area (Å²) in [7, 11) is 1.88. The average molecular weight is 453 g/mol. The largest absolute Gasteiger partial charge is 0.444 e. The van der Waals surface area contributed by atoms with E-state index >= 15 is 0 Å². The van der Waals surface area contributed by atoms with E-state index in [1.54, 1.807) is 10.9 Å². The second kappa shape index (κ2) is 9.20. The number of likely N-dealkylation sites (tertiary alicyclic amines) is 1. The first-order chi connectivity index (χ1) is 15.7. The summed E-state index contributed by atoms with van der Waals surface area (Å²) in [5.41, 5.74) is 2.06. The van der Waals surface area contributed by atoms with Gasteiger partial charge in [0.25, 0.3) is 5.91 Å². The van der Waals surface area contributed by atoms with Crippen molar-refractivity contribution in [2.75, 3.05) is 13.1 Å². The van der Waals surface area contributed by atoms with Crippen molar-refractivity contribution in [3.05, 3.63) is 53.3 Å². The summed E-state index contributed by atoms with van der Waals surface area (Å²) >= 11 is 0. The lowest BCUT2D eigenvalue weighted by Gasteiger charge is -2.46. The normalized spacial score (nSPS) is 22.7. The van der Waals surface area contributed by atoms with Gasteiger partial charge in [-0.15, -0.1) is 0 Å². The molecule has 0 spiro atoms. The third-order valence-corrected chi connectivity index (χ3v) is 7.06. The Morgan fingerprint density at radius 2 is 1.91 bits per heavy atom. The van der Waals surface area contributed by atoms with Crippen LogP contribution >= 0.6 is 0 Å². The number of benzene rings is 1. The van der Waals surface area contributed by atoms with Gasteiger partial charge in [0.2, 0.25) is 0 Å². The van der Waals surface area contributed by atoms with Crippen LogP contribution in [0.3, 0.4) is 0 Å². The maximum Gasteiger partial charge on any atom is 0.410 e. The molecule has 1 saturated heterocycles. The number of hydrogen-bond donors (Lipinski definition) is 1. The van der Waals surface area contributed by atoms with E-state index in [-0.39, 0.29) is 23.5 Å². The quantitative estimate of drug-likeness (QED) is 0.733. The van der Waals surface area contributed by atoms with Gasteiger partial charge in [-0.3, -0.25) is 9.48 Å². The maximum absolute atomic E-state index is 13.2. The van der Waals surface area contributed by atoms with E-state index in [1.807, 2.05) is 50.9 Å². The highest BCUT2D eigenvalue weighted by molar-refractivity contribution is 5.95. The molecule has 1 saturated carbocycles. The highest BCUT2D eigenvalue weighted by Gasteiger charge is 2.50. The monoisotopic (exact) mass is 452 g/mol. The van der Waals surface area contributed by atoms with Crippen LogP contribution in [0.4, 0.5) is 4.79 Å². The van der Waals surface area contributed by atoms with Gasteiger partial charge >= 0.3 is 6.09 Å². The smallest absolute Gasteiger partial charge is 0.410 e. The van der Waals surface area contributed by atoms with E-state index in [2.05, 4.69) is 22.5 Å². The van der Waals surface area contributed by atoms with E-state index in [9.17, 15) is 9.59 Å². The standard InChI is InChI=1S/C26H36N4O3/c1-25(2,3)33-24(32)30-15-9-14-26(13-8-12-22(26)30)18-27-23(31)20-17-28-29(4)21(20)16-19-10-6-5-7-11-19/h5-7,10-11,17,22H,8-9,12-16,18H2,1-4H3,(H,27,31). The predicted molar refractivity (Wildman–Crippen MR) is 127 cm³/mol. The number of rotatable bonds is 5. The summed E-state index contributed by atoms with van der Waals surface area (Å²) in [5.74, 6) is -0.0940. The minimum absolute atomic E-state index is 0.0907. The van der Waals surface area contributed by atoms with Crippen LogP contribution in [0.2, 0.25) is 0 Å². The van der Waals surface area contributed by atoms with Crippen molar-refractivity contribution in [3.8, 4) is 0 Å². The van der Waals surface area contributed by atoms with Crippen molar-refractivity contribution >= 4 is 12.0 Å². The van der Waals surface area contributed by atoms with Crippen LogP contribution in [0.1, 0.15) is 74.5 Å². The molecule has 1 aromatic carbocycles. The zero-order valence-electron chi connectivity index (χ0n) is 20.3. The number of aromatic nitrogens is 2. The minimum Gasteiger partial charge on any atom is -0.444 e. The fraction of sp³-hybridized carbons (Fsp3) is 0.577. The van der Waals surface area contributed by atoms with E-state index < -0.39 is 5.60 Å². The van der Waals surface area contributed by atoms with E-state index in [0.717, 1.165) is 49.9 Å². The molecule has 7 nitrogen and oxygen atoms in total. The van der Waals surface area contributed by atoms with Crippen molar-refractivity contribution in [2.24, 2.45) is 12.5 Å².